The minimum atomic E-state index is -1.10. The van der Waals surface area contributed by atoms with Crippen molar-refractivity contribution in [3.8, 4) is 0 Å². The van der Waals surface area contributed by atoms with Gasteiger partial charge in [0.05, 0.1) is 5.69 Å². The molecule has 0 aliphatic carbocycles. The SMILES string of the molecule is CCCN(CC(=O)O)C(=O)c1c(C)c(C)nn(C)c1=O. The molecule has 0 aliphatic rings. The van der Waals surface area contributed by atoms with Crippen molar-refractivity contribution in [3.05, 3.63) is 27.2 Å². The van der Waals surface area contributed by atoms with Gasteiger partial charge in [-0.3, -0.25) is 14.4 Å². The normalized spacial score (nSPS) is 10.4. The van der Waals surface area contributed by atoms with Gasteiger partial charge in [0, 0.05) is 13.6 Å². The van der Waals surface area contributed by atoms with Crippen molar-refractivity contribution < 1.29 is 14.7 Å². The molecule has 0 saturated heterocycles. The number of amides is 1. The van der Waals surface area contributed by atoms with Crippen LogP contribution in [0.2, 0.25) is 0 Å². The van der Waals surface area contributed by atoms with Crippen molar-refractivity contribution in [2.75, 3.05) is 13.1 Å². The van der Waals surface area contributed by atoms with E-state index in [0.29, 0.717) is 17.7 Å². The highest BCUT2D eigenvalue weighted by Crippen LogP contribution is 2.09. The van der Waals surface area contributed by atoms with E-state index in [1.165, 1.54) is 11.9 Å². The van der Waals surface area contributed by atoms with Crippen LogP contribution in [0.5, 0.6) is 0 Å². The summed E-state index contributed by atoms with van der Waals surface area (Å²) in [7, 11) is 1.47. The van der Waals surface area contributed by atoms with Gasteiger partial charge in [0.15, 0.2) is 0 Å². The van der Waals surface area contributed by atoms with Crippen LogP contribution in [0.4, 0.5) is 0 Å². The first-order valence-electron chi connectivity index (χ1n) is 6.35. The topological polar surface area (TPSA) is 92.5 Å². The third-order valence-corrected chi connectivity index (χ3v) is 3.05. The number of hydrogen-bond acceptors (Lipinski definition) is 4. The van der Waals surface area contributed by atoms with Crippen molar-refractivity contribution in [2.45, 2.75) is 27.2 Å². The van der Waals surface area contributed by atoms with Gasteiger partial charge in [-0.05, 0) is 25.8 Å². The van der Waals surface area contributed by atoms with Gasteiger partial charge in [-0.15, -0.1) is 0 Å². The zero-order valence-electron chi connectivity index (χ0n) is 12.1. The maximum atomic E-state index is 12.4. The Morgan fingerprint density at radius 2 is 1.95 bits per heavy atom. The molecule has 0 unspecified atom stereocenters. The second-order valence-electron chi connectivity index (χ2n) is 4.63. The Morgan fingerprint density at radius 1 is 1.35 bits per heavy atom. The summed E-state index contributed by atoms with van der Waals surface area (Å²) in [4.78, 5) is 36.5. The summed E-state index contributed by atoms with van der Waals surface area (Å²) in [5.41, 5.74) is 0.547. The van der Waals surface area contributed by atoms with Gasteiger partial charge in [0.25, 0.3) is 11.5 Å². The first-order chi connectivity index (χ1) is 9.29. The molecule has 7 heteroatoms. The average Bonchev–Trinajstić information content (AvgIpc) is 2.35. The summed E-state index contributed by atoms with van der Waals surface area (Å²) >= 11 is 0. The Kier molecular flexibility index (Phi) is 5.01. The molecule has 110 valence electrons. The predicted octanol–water partition coefficient (Wildman–Crippen LogP) is 0.334. The maximum Gasteiger partial charge on any atom is 0.323 e. The summed E-state index contributed by atoms with van der Waals surface area (Å²) in [5.74, 6) is -1.66. The van der Waals surface area contributed by atoms with E-state index >= 15 is 0 Å². The molecule has 0 saturated carbocycles. The minimum Gasteiger partial charge on any atom is -0.480 e. The summed E-state index contributed by atoms with van der Waals surface area (Å²) in [6.07, 6.45) is 0.614. The molecule has 1 amide bonds. The van der Waals surface area contributed by atoms with Gasteiger partial charge in [-0.2, -0.15) is 5.10 Å². The fraction of sp³-hybridized carbons (Fsp3) is 0.538. The second kappa shape index (κ2) is 6.31. The quantitative estimate of drug-likeness (QED) is 0.839. The molecule has 7 nitrogen and oxygen atoms in total. The molecule has 1 N–H and O–H groups in total. The van der Waals surface area contributed by atoms with Crippen LogP contribution >= 0.6 is 0 Å². The lowest BCUT2D eigenvalue weighted by Gasteiger charge is -2.21. The lowest BCUT2D eigenvalue weighted by Crippen LogP contribution is -2.41. The molecule has 0 spiro atoms. The number of carbonyl (C=O) groups is 2. The van der Waals surface area contributed by atoms with Gasteiger partial charge in [0.1, 0.15) is 12.1 Å². The summed E-state index contributed by atoms with van der Waals surface area (Å²) < 4.78 is 1.10. The molecular weight excluding hydrogens is 262 g/mol. The van der Waals surface area contributed by atoms with E-state index in [1.54, 1.807) is 13.8 Å². The third-order valence-electron chi connectivity index (χ3n) is 3.05. The van der Waals surface area contributed by atoms with Crippen molar-refractivity contribution in [1.82, 2.24) is 14.7 Å². The molecular formula is C13H19N3O4. The van der Waals surface area contributed by atoms with E-state index < -0.39 is 24.0 Å². The summed E-state index contributed by atoms with van der Waals surface area (Å²) in [6, 6.07) is 0. The van der Waals surface area contributed by atoms with Crippen LogP contribution in [0.15, 0.2) is 4.79 Å². The standard InChI is InChI=1S/C13H19N3O4/c1-5-6-16(7-10(17)18)13(20)11-8(2)9(3)14-15(4)12(11)19/h5-7H2,1-4H3,(H,17,18). The van der Waals surface area contributed by atoms with Gasteiger partial charge in [-0.1, -0.05) is 6.92 Å². The highest BCUT2D eigenvalue weighted by Gasteiger charge is 2.24. The van der Waals surface area contributed by atoms with E-state index in [1.807, 2.05) is 6.92 Å². The fourth-order valence-corrected chi connectivity index (χ4v) is 1.94. The molecule has 1 aromatic heterocycles. The molecule has 1 heterocycles. The maximum absolute atomic E-state index is 12.4. The molecule has 0 bridgehead atoms. The fourth-order valence-electron chi connectivity index (χ4n) is 1.94. The minimum absolute atomic E-state index is 0.00491. The Hall–Kier alpha value is -2.18. The van der Waals surface area contributed by atoms with Crippen LogP contribution in [-0.2, 0) is 11.8 Å². The van der Waals surface area contributed by atoms with Crippen LogP contribution in [0.3, 0.4) is 0 Å². The Balaban J connectivity index is 3.31. The number of rotatable bonds is 5. The van der Waals surface area contributed by atoms with Crippen molar-refractivity contribution in [3.63, 3.8) is 0 Å². The van der Waals surface area contributed by atoms with Gasteiger partial charge < -0.3 is 10.0 Å². The molecule has 0 fully saturated rings. The summed E-state index contributed by atoms with van der Waals surface area (Å²) in [6.45, 7) is 5.05. The number of aromatic nitrogens is 2. The summed E-state index contributed by atoms with van der Waals surface area (Å²) in [5, 5.41) is 12.9. The number of aryl methyl sites for hydroxylation is 2. The molecule has 0 radical (unpaired) electrons. The van der Waals surface area contributed by atoms with Crippen LogP contribution < -0.4 is 5.56 Å². The van der Waals surface area contributed by atoms with Crippen LogP contribution in [0.1, 0.15) is 35.0 Å². The number of hydrogen-bond donors (Lipinski definition) is 1. The molecule has 0 aliphatic heterocycles. The van der Waals surface area contributed by atoms with Gasteiger partial charge in [0.2, 0.25) is 0 Å². The van der Waals surface area contributed by atoms with Gasteiger partial charge >= 0.3 is 5.97 Å². The van der Waals surface area contributed by atoms with E-state index in [9.17, 15) is 14.4 Å². The highest BCUT2D eigenvalue weighted by atomic mass is 16.4. The van der Waals surface area contributed by atoms with Crippen LogP contribution in [0.25, 0.3) is 0 Å². The first kappa shape index (κ1) is 15.9. The van der Waals surface area contributed by atoms with Gasteiger partial charge in [-0.25, -0.2) is 4.68 Å². The highest BCUT2D eigenvalue weighted by molar-refractivity contribution is 5.96. The zero-order chi connectivity index (χ0) is 15.4. The Labute approximate surface area is 116 Å². The molecule has 1 aromatic rings. The first-order valence-corrected chi connectivity index (χ1v) is 6.35. The molecule has 0 atom stereocenters. The van der Waals surface area contributed by atoms with E-state index in [-0.39, 0.29) is 12.1 Å². The van der Waals surface area contributed by atoms with E-state index in [0.717, 1.165) is 4.68 Å². The zero-order valence-corrected chi connectivity index (χ0v) is 12.1. The van der Waals surface area contributed by atoms with E-state index in [2.05, 4.69) is 5.10 Å². The molecule has 1 rings (SSSR count). The van der Waals surface area contributed by atoms with Crippen molar-refractivity contribution in [2.24, 2.45) is 7.05 Å². The third kappa shape index (κ3) is 3.23. The molecule has 20 heavy (non-hydrogen) atoms. The lowest BCUT2D eigenvalue weighted by atomic mass is 10.1. The second-order valence-corrected chi connectivity index (χ2v) is 4.63. The Bertz CT molecular complexity index is 592. The smallest absolute Gasteiger partial charge is 0.323 e. The lowest BCUT2D eigenvalue weighted by molar-refractivity contribution is -0.137. The average molecular weight is 281 g/mol. The number of aliphatic carboxylic acids is 1. The number of carbonyl (C=O) groups excluding carboxylic acids is 1. The van der Waals surface area contributed by atoms with Crippen LogP contribution in [-0.4, -0.2) is 44.8 Å². The number of carboxylic acids is 1. The monoisotopic (exact) mass is 281 g/mol. The largest absolute Gasteiger partial charge is 0.480 e. The molecule has 0 aromatic carbocycles. The van der Waals surface area contributed by atoms with E-state index in [4.69, 9.17) is 5.11 Å². The van der Waals surface area contributed by atoms with Crippen LogP contribution in [0, 0.1) is 13.8 Å². The van der Waals surface area contributed by atoms with Crippen molar-refractivity contribution in [1.29, 1.82) is 0 Å². The van der Waals surface area contributed by atoms with Crippen molar-refractivity contribution >= 4 is 11.9 Å². The Morgan fingerprint density at radius 3 is 2.45 bits per heavy atom. The number of nitrogens with zero attached hydrogens (tertiary/aromatic N) is 3. The number of carboxylic acid groups (broad SMARTS) is 1. The predicted molar refractivity (Wildman–Crippen MR) is 72.8 cm³/mol.